The van der Waals surface area contributed by atoms with Crippen molar-refractivity contribution in [1.29, 1.82) is 0 Å². The molecule has 88 valence electrons. The Kier molecular flexibility index (Phi) is 2.86. The van der Waals surface area contributed by atoms with Crippen molar-refractivity contribution >= 4 is 34.6 Å². The SMILES string of the molecule is S=c1[nH]nc(-c2ccccc2Cl)c2ccccc12. The van der Waals surface area contributed by atoms with E-state index in [1.54, 1.807) is 0 Å². The van der Waals surface area contributed by atoms with Gasteiger partial charge < -0.3 is 0 Å². The molecule has 2 nitrogen and oxygen atoms in total. The monoisotopic (exact) mass is 272 g/mol. The maximum Gasteiger partial charge on any atom is 0.127 e. The van der Waals surface area contributed by atoms with E-state index >= 15 is 0 Å². The number of nitrogens with one attached hydrogen (secondary N) is 1. The molecule has 0 fully saturated rings. The second-order valence-electron chi connectivity index (χ2n) is 3.93. The zero-order valence-electron chi connectivity index (χ0n) is 9.35. The third-order valence-electron chi connectivity index (χ3n) is 2.83. The number of aromatic amines is 1. The van der Waals surface area contributed by atoms with Crippen molar-refractivity contribution < 1.29 is 0 Å². The largest absolute Gasteiger partial charge is 0.267 e. The molecule has 3 rings (SSSR count). The molecule has 0 amide bonds. The molecule has 0 unspecified atom stereocenters. The molecule has 18 heavy (non-hydrogen) atoms. The predicted molar refractivity (Wildman–Crippen MR) is 77.4 cm³/mol. The second-order valence-corrected chi connectivity index (χ2v) is 4.74. The maximum atomic E-state index is 6.22. The topological polar surface area (TPSA) is 28.7 Å². The maximum absolute atomic E-state index is 6.22. The van der Waals surface area contributed by atoms with Crippen LogP contribution in [0.3, 0.4) is 0 Å². The van der Waals surface area contributed by atoms with Gasteiger partial charge in [0.25, 0.3) is 0 Å². The van der Waals surface area contributed by atoms with E-state index in [1.807, 2.05) is 48.5 Å². The highest BCUT2D eigenvalue weighted by Gasteiger charge is 2.09. The number of nitrogens with zero attached hydrogens (tertiary/aromatic N) is 1. The number of hydrogen-bond acceptors (Lipinski definition) is 2. The van der Waals surface area contributed by atoms with Crippen molar-refractivity contribution in [3.63, 3.8) is 0 Å². The van der Waals surface area contributed by atoms with E-state index in [9.17, 15) is 0 Å². The Labute approximate surface area is 114 Å². The van der Waals surface area contributed by atoms with Crippen molar-refractivity contribution in [3.05, 3.63) is 58.2 Å². The van der Waals surface area contributed by atoms with Gasteiger partial charge in [0.1, 0.15) is 4.64 Å². The summed E-state index contributed by atoms with van der Waals surface area (Å²) in [6.07, 6.45) is 0. The lowest BCUT2D eigenvalue weighted by Crippen LogP contribution is -1.91. The molecule has 0 spiro atoms. The van der Waals surface area contributed by atoms with Crippen molar-refractivity contribution in [2.24, 2.45) is 0 Å². The fourth-order valence-electron chi connectivity index (χ4n) is 1.97. The van der Waals surface area contributed by atoms with Gasteiger partial charge in [-0.2, -0.15) is 5.10 Å². The lowest BCUT2D eigenvalue weighted by Gasteiger charge is -2.07. The van der Waals surface area contributed by atoms with Gasteiger partial charge in [0.15, 0.2) is 0 Å². The average Bonchev–Trinajstić information content (AvgIpc) is 2.41. The molecule has 1 heterocycles. The van der Waals surface area contributed by atoms with Crippen LogP contribution >= 0.6 is 23.8 Å². The molecule has 1 aromatic heterocycles. The third-order valence-corrected chi connectivity index (χ3v) is 3.47. The number of aromatic nitrogens is 2. The van der Waals surface area contributed by atoms with Crippen LogP contribution in [0.4, 0.5) is 0 Å². The smallest absolute Gasteiger partial charge is 0.127 e. The first-order valence-electron chi connectivity index (χ1n) is 5.50. The Morgan fingerprint density at radius 1 is 0.944 bits per heavy atom. The fourth-order valence-corrected chi connectivity index (χ4v) is 2.42. The molecule has 0 saturated carbocycles. The fraction of sp³-hybridized carbons (Fsp3) is 0. The van der Waals surface area contributed by atoms with Crippen molar-refractivity contribution in [1.82, 2.24) is 10.2 Å². The first kappa shape index (κ1) is 11.4. The summed E-state index contributed by atoms with van der Waals surface area (Å²) in [4.78, 5) is 0. The van der Waals surface area contributed by atoms with Gasteiger partial charge in [-0.15, -0.1) is 0 Å². The van der Waals surface area contributed by atoms with Crippen molar-refractivity contribution in [2.75, 3.05) is 0 Å². The average molecular weight is 273 g/mol. The highest BCUT2D eigenvalue weighted by atomic mass is 35.5. The van der Waals surface area contributed by atoms with Crippen LogP contribution in [0.25, 0.3) is 22.0 Å². The summed E-state index contributed by atoms with van der Waals surface area (Å²) in [7, 11) is 0. The Bertz CT molecular complexity index is 780. The predicted octanol–water partition coefficient (Wildman–Crippen LogP) is 4.61. The van der Waals surface area contributed by atoms with Crippen LogP contribution < -0.4 is 0 Å². The summed E-state index contributed by atoms with van der Waals surface area (Å²) in [6.45, 7) is 0. The van der Waals surface area contributed by atoms with Gasteiger partial charge in [-0.25, -0.2) is 0 Å². The van der Waals surface area contributed by atoms with Crippen LogP contribution in [0, 0.1) is 4.64 Å². The molecule has 4 heteroatoms. The van der Waals surface area contributed by atoms with Crippen LogP contribution in [0.2, 0.25) is 5.02 Å². The number of hydrogen-bond donors (Lipinski definition) is 1. The van der Waals surface area contributed by atoms with Gasteiger partial charge in [0.05, 0.1) is 10.7 Å². The molecule has 2 aromatic carbocycles. The Morgan fingerprint density at radius 3 is 2.39 bits per heavy atom. The van der Waals surface area contributed by atoms with Crippen LogP contribution in [0.1, 0.15) is 0 Å². The van der Waals surface area contributed by atoms with E-state index in [1.165, 1.54) is 0 Å². The Balaban J connectivity index is 2.41. The summed E-state index contributed by atoms with van der Waals surface area (Å²) < 4.78 is 0.640. The van der Waals surface area contributed by atoms with Crippen LogP contribution in [0.5, 0.6) is 0 Å². The minimum absolute atomic E-state index is 0.640. The first-order chi connectivity index (χ1) is 8.77. The van der Waals surface area contributed by atoms with Gasteiger partial charge in [0, 0.05) is 16.3 Å². The van der Waals surface area contributed by atoms with E-state index < -0.39 is 0 Å². The molecule has 1 N–H and O–H groups in total. The standard InChI is InChI=1S/C14H9ClN2S/c15-12-8-4-3-7-11(12)13-9-5-1-2-6-10(9)14(18)17-16-13/h1-8H,(H,17,18). The Morgan fingerprint density at radius 2 is 1.61 bits per heavy atom. The highest BCUT2D eigenvalue weighted by Crippen LogP contribution is 2.31. The normalized spacial score (nSPS) is 10.7. The molecule has 0 aliphatic heterocycles. The van der Waals surface area contributed by atoms with E-state index in [0.717, 1.165) is 22.0 Å². The van der Waals surface area contributed by atoms with E-state index in [-0.39, 0.29) is 0 Å². The lowest BCUT2D eigenvalue weighted by atomic mass is 10.1. The van der Waals surface area contributed by atoms with Crippen molar-refractivity contribution in [3.8, 4) is 11.3 Å². The molecule has 0 radical (unpaired) electrons. The van der Waals surface area contributed by atoms with Crippen LogP contribution in [-0.4, -0.2) is 10.2 Å². The molecule has 0 saturated heterocycles. The summed E-state index contributed by atoms with van der Waals surface area (Å²) in [5, 5.41) is 9.87. The van der Waals surface area contributed by atoms with Gasteiger partial charge in [0.2, 0.25) is 0 Å². The van der Waals surface area contributed by atoms with E-state index in [4.69, 9.17) is 23.8 Å². The van der Waals surface area contributed by atoms with Crippen LogP contribution in [0.15, 0.2) is 48.5 Å². The summed E-state index contributed by atoms with van der Waals surface area (Å²) in [5.74, 6) is 0. The number of halogens is 1. The van der Waals surface area contributed by atoms with Gasteiger partial charge >= 0.3 is 0 Å². The summed E-state index contributed by atoms with van der Waals surface area (Å²) in [6, 6.07) is 15.6. The Hall–Kier alpha value is -1.71. The molecule has 0 aliphatic carbocycles. The highest BCUT2D eigenvalue weighted by molar-refractivity contribution is 7.71. The van der Waals surface area contributed by atoms with Gasteiger partial charge in [-0.05, 0) is 6.07 Å². The third kappa shape index (κ3) is 1.82. The molecular weight excluding hydrogens is 264 g/mol. The van der Waals surface area contributed by atoms with E-state index in [0.29, 0.717) is 9.66 Å². The first-order valence-corrected chi connectivity index (χ1v) is 6.28. The number of benzene rings is 2. The number of H-pyrrole nitrogens is 1. The minimum Gasteiger partial charge on any atom is -0.267 e. The molecular formula is C14H9ClN2S. The summed E-state index contributed by atoms with van der Waals surface area (Å²) in [5.41, 5.74) is 1.73. The van der Waals surface area contributed by atoms with Crippen molar-refractivity contribution in [2.45, 2.75) is 0 Å². The summed E-state index contributed by atoms with van der Waals surface area (Å²) >= 11 is 11.5. The molecule has 0 bridgehead atoms. The van der Waals surface area contributed by atoms with Gasteiger partial charge in [-0.1, -0.05) is 66.3 Å². The van der Waals surface area contributed by atoms with Gasteiger partial charge in [-0.3, -0.25) is 5.10 Å². The quantitative estimate of drug-likeness (QED) is 0.655. The lowest BCUT2D eigenvalue weighted by molar-refractivity contribution is 1.04. The number of rotatable bonds is 1. The molecule has 3 aromatic rings. The van der Waals surface area contributed by atoms with Crippen LogP contribution in [-0.2, 0) is 0 Å². The zero-order valence-corrected chi connectivity index (χ0v) is 10.9. The second kappa shape index (κ2) is 4.52. The molecule has 0 atom stereocenters. The number of fused-ring (bicyclic) bond motifs is 1. The minimum atomic E-state index is 0.640. The molecule has 0 aliphatic rings. The van der Waals surface area contributed by atoms with E-state index in [2.05, 4.69) is 10.2 Å². The zero-order chi connectivity index (χ0) is 12.5.